The maximum Gasteiger partial charge on any atom is 0.333 e. The van der Waals surface area contributed by atoms with Crippen molar-refractivity contribution in [2.45, 2.75) is 34.6 Å². The van der Waals surface area contributed by atoms with E-state index < -0.39 is 28.5 Å². The molecule has 2 aliphatic heterocycles. The molecule has 0 radical (unpaired) electrons. The van der Waals surface area contributed by atoms with E-state index in [-0.39, 0.29) is 23.6 Å². The molecule has 3 atom stereocenters. The Kier molecular flexibility index (Phi) is 6.32. The molecule has 146 valence electrons. The van der Waals surface area contributed by atoms with Crippen LogP contribution in [0, 0.1) is 0 Å². The lowest BCUT2D eigenvalue weighted by atomic mass is 9.98. The number of β-lactam (4-membered cyclic amide) rings is 1. The lowest BCUT2D eigenvalue weighted by Gasteiger charge is -2.51. The van der Waals surface area contributed by atoms with Gasteiger partial charge in [0, 0.05) is 4.88 Å². The van der Waals surface area contributed by atoms with Gasteiger partial charge in [0.15, 0.2) is 6.04 Å². The molecular weight excluding hydrogens is 455 g/mol. The van der Waals surface area contributed by atoms with Crippen LogP contribution in [0.15, 0.2) is 28.5 Å². The maximum absolute atomic E-state index is 12.6. The number of thiophene rings is 1. The van der Waals surface area contributed by atoms with Gasteiger partial charge in [-0.15, -0.1) is 23.1 Å². The Morgan fingerprint density at radius 1 is 1.37 bits per heavy atom. The van der Waals surface area contributed by atoms with Crippen LogP contribution in [0.1, 0.15) is 11.8 Å². The van der Waals surface area contributed by atoms with Gasteiger partial charge in [-0.05, 0) is 29.4 Å². The summed E-state index contributed by atoms with van der Waals surface area (Å²) in [6, 6.07) is 2.15. The summed E-state index contributed by atoms with van der Waals surface area (Å²) in [7, 11) is 0. The Bertz CT molecular complexity index is 779. The summed E-state index contributed by atoms with van der Waals surface area (Å²) >= 11 is 19.7. The number of alkyl halides is 3. The van der Waals surface area contributed by atoms with Gasteiger partial charge in [0.25, 0.3) is 0 Å². The molecule has 1 aromatic rings. The highest BCUT2D eigenvalue weighted by Gasteiger charge is 2.55. The summed E-state index contributed by atoms with van der Waals surface area (Å²) in [5, 5.41) is 6.04. The van der Waals surface area contributed by atoms with E-state index >= 15 is 0 Å². The highest BCUT2D eigenvalue weighted by Crippen LogP contribution is 2.40. The van der Waals surface area contributed by atoms with E-state index in [2.05, 4.69) is 5.32 Å². The van der Waals surface area contributed by atoms with Crippen LogP contribution >= 0.6 is 57.9 Å². The first kappa shape index (κ1) is 20.8. The summed E-state index contributed by atoms with van der Waals surface area (Å²) in [4.78, 5) is 39.5. The number of carbonyl (C=O) groups excluding carboxylic acids is 3. The van der Waals surface area contributed by atoms with E-state index in [1.807, 2.05) is 17.5 Å². The molecule has 11 heteroatoms. The summed E-state index contributed by atoms with van der Waals surface area (Å²) < 4.78 is 3.31. The summed E-state index contributed by atoms with van der Waals surface area (Å²) in [5.41, 5.74) is 0.655. The predicted octanol–water partition coefficient (Wildman–Crippen LogP) is 2.88. The molecule has 6 nitrogen and oxygen atoms in total. The first-order valence-electron chi connectivity index (χ1n) is 7.87. The van der Waals surface area contributed by atoms with Gasteiger partial charge < -0.3 is 15.0 Å². The largest absolute Gasteiger partial charge is 0.459 e. The van der Waals surface area contributed by atoms with Crippen molar-refractivity contribution in [1.29, 1.82) is 0 Å². The van der Waals surface area contributed by atoms with Crippen LogP contribution in [-0.2, 0) is 25.5 Å². The second-order valence-electron chi connectivity index (χ2n) is 6.06. The van der Waals surface area contributed by atoms with Gasteiger partial charge in [-0.3, -0.25) is 9.59 Å². The van der Waals surface area contributed by atoms with Crippen LogP contribution < -0.4 is 5.32 Å². The fourth-order valence-electron chi connectivity index (χ4n) is 2.83. The summed E-state index contributed by atoms with van der Waals surface area (Å²) in [6.07, 6.45) is 0.211. The first-order chi connectivity index (χ1) is 12.7. The van der Waals surface area contributed by atoms with Crippen molar-refractivity contribution in [2.24, 2.45) is 0 Å². The van der Waals surface area contributed by atoms with E-state index in [0.29, 0.717) is 5.57 Å². The lowest BCUT2D eigenvalue weighted by Crippen LogP contribution is -2.74. The fourth-order valence-corrected chi connectivity index (χ4v) is 4.87. The second kappa shape index (κ2) is 8.21. The predicted molar refractivity (Wildman–Crippen MR) is 107 cm³/mol. The number of ether oxygens (including phenoxy) is 1. The molecule has 2 amide bonds. The number of carbonyl (C=O) groups is 3. The van der Waals surface area contributed by atoms with Crippen LogP contribution in [0.3, 0.4) is 0 Å². The average molecular weight is 470 g/mol. The van der Waals surface area contributed by atoms with E-state index in [1.165, 1.54) is 28.0 Å². The van der Waals surface area contributed by atoms with Crippen LogP contribution in [0.25, 0.3) is 0 Å². The number of rotatable bonds is 5. The summed E-state index contributed by atoms with van der Waals surface area (Å²) in [5.74, 6) is -1.25. The standard InChI is InChI=1S/C16H15Cl3N2O4S2/c1-8-6-27-14-11(20-10(22)5-9-3-2-4-26-9)13(23)21(14)12(8)15(24)25-7-16(17,18)19/h2-4,6,11-12,14H,5,7H2,1H3,(H,20,22)/t11?,12?,14-/m1/s1. The van der Waals surface area contributed by atoms with E-state index in [1.54, 1.807) is 12.3 Å². The molecular formula is C16H15Cl3N2O4S2. The quantitative estimate of drug-likeness (QED) is 0.408. The Morgan fingerprint density at radius 2 is 2.11 bits per heavy atom. The third-order valence-electron chi connectivity index (χ3n) is 4.02. The molecule has 1 saturated heterocycles. The SMILES string of the molecule is CC1=CS[C@@H]2C(NC(=O)Cc3cccs3)C(=O)N2C1C(=O)OCC(Cl)(Cl)Cl. The third kappa shape index (κ3) is 4.74. The van der Waals surface area contributed by atoms with E-state index in [9.17, 15) is 14.4 Å². The topological polar surface area (TPSA) is 75.7 Å². The zero-order chi connectivity index (χ0) is 19.8. The van der Waals surface area contributed by atoms with Crippen LogP contribution in [0.2, 0.25) is 0 Å². The molecule has 27 heavy (non-hydrogen) atoms. The molecule has 3 rings (SSSR count). The van der Waals surface area contributed by atoms with Crippen molar-refractivity contribution < 1.29 is 19.1 Å². The molecule has 0 aliphatic carbocycles. The highest BCUT2D eigenvalue weighted by molar-refractivity contribution is 8.02. The monoisotopic (exact) mass is 468 g/mol. The van der Waals surface area contributed by atoms with Crippen molar-refractivity contribution in [3.05, 3.63) is 33.4 Å². The molecule has 2 aliphatic rings. The van der Waals surface area contributed by atoms with Gasteiger partial charge in [-0.25, -0.2) is 4.79 Å². The van der Waals surface area contributed by atoms with Crippen LogP contribution in [0.5, 0.6) is 0 Å². The number of thioether (sulfide) groups is 1. The maximum atomic E-state index is 12.6. The fraction of sp³-hybridized carbons (Fsp3) is 0.438. The van der Waals surface area contributed by atoms with Gasteiger partial charge in [-0.2, -0.15) is 0 Å². The van der Waals surface area contributed by atoms with Crippen molar-refractivity contribution in [2.75, 3.05) is 6.61 Å². The minimum Gasteiger partial charge on any atom is -0.459 e. The van der Waals surface area contributed by atoms with Gasteiger partial charge >= 0.3 is 5.97 Å². The normalized spacial score (nSPS) is 24.6. The van der Waals surface area contributed by atoms with Gasteiger partial charge in [-0.1, -0.05) is 40.9 Å². The van der Waals surface area contributed by atoms with E-state index in [4.69, 9.17) is 39.5 Å². The second-order valence-corrected chi connectivity index (χ2v) is 10.6. The Hall–Kier alpha value is -0.930. The highest BCUT2D eigenvalue weighted by atomic mass is 35.6. The Balaban J connectivity index is 1.64. The lowest BCUT2D eigenvalue weighted by molar-refractivity contribution is -0.163. The molecule has 0 spiro atoms. The Labute approximate surface area is 179 Å². The van der Waals surface area contributed by atoms with Gasteiger partial charge in [0.1, 0.15) is 18.0 Å². The number of nitrogens with zero attached hydrogens (tertiary/aromatic N) is 1. The zero-order valence-electron chi connectivity index (χ0n) is 14.0. The third-order valence-corrected chi connectivity index (χ3v) is 6.51. The van der Waals surface area contributed by atoms with Gasteiger partial charge in [0.05, 0.1) is 6.42 Å². The molecule has 0 aromatic carbocycles. The minimum atomic E-state index is -1.73. The van der Waals surface area contributed by atoms with Crippen molar-refractivity contribution >= 4 is 75.7 Å². The molecule has 1 aromatic heterocycles. The van der Waals surface area contributed by atoms with Crippen molar-refractivity contribution in [3.63, 3.8) is 0 Å². The zero-order valence-corrected chi connectivity index (χ0v) is 17.9. The van der Waals surface area contributed by atoms with Crippen molar-refractivity contribution in [1.82, 2.24) is 10.2 Å². The first-order valence-corrected chi connectivity index (χ1v) is 10.8. The molecule has 0 bridgehead atoms. The number of fused-ring (bicyclic) bond motifs is 1. The smallest absolute Gasteiger partial charge is 0.333 e. The summed E-state index contributed by atoms with van der Waals surface area (Å²) in [6.45, 7) is 1.31. The molecule has 2 unspecified atom stereocenters. The van der Waals surface area contributed by atoms with Gasteiger partial charge in [0.2, 0.25) is 15.6 Å². The molecule has 0 saturated carbocycles. The van der Waals surface area contributed by atoms with Crippen LogP contribution in [-0.4, -0.2) is 50.5 Å². The number of halogens is 3. The number of amides is 2. The number of esters is 1. The number of hydrogen-bond donors (Lipinski definition) is 1. The molecule has 1 N–H and O–H groups in total. The molecule has 3 heterocycles. The molecule has 1 fully saturated rings. The minimum absolute atomic E-state index is 0.211. The number of hydrogen-bond acceptors (Lipinski definition) is 6. The Morgan fingerprint density at radius 3 is 2.74 bits per heavy atom. The van der Waals surface area contributed by atoms with E-state index in [0.717, 1.165) is 4.88 Å². The average Bonchev–Trinajstić information content (AvgIpc) is 3.09. The number of nitrogens with one attached hydrogen (secondary N) is 1. The van der Waals surface area contributed by atoms with Crippen molar-refractivity contribution in [3.8, 4) is 0 Å². The van der Waals surface area contributed by atoms with Crippen LogP contribution in [0.4, 0.5) is 0 Å².